The van der Waals surface area contributed by atoms with Crippen LogP contribution in [0.25, 0.3) is 0 Å². The summed E-state index contributed by atoms with van der Waals surface area (Å²) >= 11 is 0. The molecule has 2 N–H and O–H groups in total. The Labute approximate surface area is 117 Å². The number of carbonyl (C=O) groups is 1. The molecule has 104 valence electrons. The monoisotopic (exact) mass is 272 g/mol. The number of rotatable bonds is 4. The maximum Gasteiger partial charge on any atom is 0.343 e. The van der Waals surface area contributed by atoms with Crippen LogP contribution in [-0.4, -0.2) is 27.5 Å². The Kier molecular flexibility index (Phi) is 4.24. The Morgan fingerprint density at radius 1 is 1.40 bits per heavy atom. The zero-order valence-corrected chi connectivity index (χ0v) is 11.5. The van der Waals surface area contributed by atoms with E-state index >= 15 is 0 Å². The summed E-state index contributed by atoms with van der Waals surface area (Å²) in [4.78, 5) is 24.3. The fourth-order valence-electron chi connectivity index (χ4n) is 1.87. The smallest absolute Gasteiger partial charge is 0.343 e. The second-order valence-corrected chi connectivity index (χ2v) is 4.24. The van der Waals surface area contributed by atoms with Crippen molar-refractivity contribution in [2.75, 3.05) is 12.3 Å². The third kappa shape index (κ3) is 3.09. The van der Waals surface area contributed by atoms with E-state index in [1.807, 2.05) is 12.1 Å². The first-order chi connectivity index (χ1) is 9.61. The molecule has 0 atom stereocenters. The first-order valence-electron chi connectivity index (χ1n) is 6.30. The number of nitrogen functional groups attached to an aromatic ring is 1. The number of hydrogen-bond acceptors (Lipinski definition) is 6. The molecule has 0 aliphatic heterocycles. The van der Waals surface area contributed by atoms with Crippen LogP contribution in [0, 0.1) is 6.92 Å². The van der Waals surface area contributed by atoms with Crippen molar-refractivity contribution in [3.8, 4) is 0 Å². The lowest BCUT2D eigenvalue weighted by Gasteiger charge is -2.09. The van der Waals surface area contributed by atoms with E-state index in [4.69, 9.17) is 10.5 Å². The molecular weight excluding hydrogens is 256 g/mol. The lowest BCUT2D eigenvalue weighted by molar-refractivity contribution is 0.0526. The maximum absolute atomic E-state index is 11.8. The SMILES string of the molecule is CCOC(=O)c1c(C)nc(Cc2cccnc2)nc1N. The van der Waals surface area contributed by atoms with Crippen LogP contribution in [0.1, 0.15) is 34.4 Å². The van der Waals surface area contributed by atoms with E-state index in [0.29, 0.717) is 17.9 Å². The number of pyridine rings is 1. The van der Waals surface area contributed by atoms with Crippen molar-refractivity contribution in [3.63, 3.8) is 0 Å². The van der Waals surface area contributed by atoms with Gasteiger partial charge >= 0.3 is 5.97 Å². The summed E-state index contributed by atoms with van der Waals surface area (Å²) in [5.74, 6) is 0.214. The number of anilines is 1. The third-order valence-electron chi connectivity index (χ3n) is 2.73. The van der Waals surface area contributed by atoms with Gasteiger partial charge in [0.1, 0.15) is 17.2 Å². The van der Waals surface area contributed by atoms with E-state index in [9.17, 15) is 4.79 Å². The van der Waals surface area contributed by atoms with Crippen LogP contribution in [0.5, 0.6) is 0 Å². The highest BCUT2D eigenvalue weighted by Gasteiger charge is 2.18. The van der Waals surface area contributed by atoms with Gasteiger partial charge in [0.15, 0.2) is 0 Å². The summed E-state index contributed by atoms with van der Waals surface area (Å²) in [5, 5.41) is 0. The van der Waals surface area contributed by atoms with Gasteiger partial charge in [0, 0.05) is 18.8 Å². The number of esters is 1. The minimum atomic E-state index is -0.490. The van der Waals surface area contributed by atoms with Crippen LogP contribution in [0.15, 0.2) is 24.5 Å². The van der Waals surface area contributed by atoms with E-state index in [-0.39, 0.29) is 18.0 Å². The van der Waals surface area contributed by atoms with Crippen molar-refractivity contribution < 1.29 is 9.53 Å². The van der Waals surface area contributed by atoms with E-state index < -0.39 is 5.97 Å². The number of aryl methyl sites for hydroxylation is 1. The maximum atomic E-state index is 11.8. The summed E-state index contributed by atoms with van der Waals surface area (Å²) in [6.07, 6.45) is 3.96. The molecule has 0 aliphatic carbocycles. The molecular formula is C14H16N4O2. The highest BCUT2D eigenvalue weighted by atomic mass is 16.5. The zero-order valence-electron chi connectivity index (χ0n) is 11.5. The standard InChI is InChI=1S/C14H16N4O2/c1-3-20-14(19)12-9(2)17-11(18-13(12)15)7-10-5-4-6-16-8-10/h4-6,8H,3,7H2,1-2H3,(H2,15,17,18). The highest BCUT2D eigenvalue weighted by molar-refractivity contribution is 5.95. The molecule has 0 saturated heterocycles. The van der Waals surface area contributed by atoms with Crippen LogP contribution < -0.4 is 5.73 Å². The Morgan fingerprint density at radius 2 is 2.20 bits per heavy atom. The molecule has 0 bridgehead atoms. The van der Waals surface area contributed by atoms with Crippen LogP contribution >= 0.6 is 0 Å². The van der Waals surface area contributed by atoms with Crippen molar-refractivity contribution in [1.29, 1.82) is 0 Å². The fraction of sp³-hybridized carbons (Fsp3) is 0.286. The molecule has 0 radical (unpaired) electrons. The molecule has 0 amide bonds. The molecule has 20 heavy (non-hydrogen) atoms. The molecule has 0 fully saturated rings. The lowest BCUT2D eigenvalue weighted by atomic mass is 10.1. The number of hydrogen-bond donors (Lipinski definition) is 1. The topological polar surface area (TPSA) is 91.0 Å². The van der Waals surface area contributed by atoms with Crippen LogP contribution in [0.4, 0.5) is 5.82 Å². The molecule has 2 aromatic rings. The van der Waals surface area contributed by atoms with E-state index in [2.05, 4.69) is 15.0 Å². The van der Waals surface area contributed by atoms with E-state index in [1.54, 1.807) is 26.2 Å². The van der Waals surface area contributed by atoms with Gasteiger partial charge in [0.05, 0.1) is 12.3 Å². The van der Waals surface area contributed by atoms with Crippen molar-refractivity contribution in [2.24, 2.45) is 0 Å². The first kappa shape index (κ1) is 13.9. The molecule has 0 spiro atoms. The average Bonchev–Trinajstić information content (AvgIpc) is 2.39. The molecule has 0 saturated carbocycles. The van der Waals surface area contributed by atoms with Gasteiger partial charge in [-0.15, -0.1) is 0 Å². The predicted molar refractivity (Wildman–Crippen MR) is 74.2 cm³/mol. The summed E-state index contributed by atoms with van der Waals surface area (Å²) < 4.78 is 4.94. The number of aromatic nitrogens is 3. The Hall–Kier alpha value is -2.50. The van der Waals surface area contributed by atoms with Crippen molar-refractivity contribution in [2.45, 2.75) is 20.3 Å². The average molecular weight is 272 g/mol. The first-order valence-corrected chi connectivity index (χ1v) is 6.30. The summed E-state index contributed by atoms with van der Waals surface area (Å²) in [6, 6.07) is 3.78. The molecule has 6 nitrogen and oxygen atoms in total. The highest BCUT2D eigenvalue weighted by Crippen LogP contribution is 2.16. The lowest BCUT2D eigenvalue weighted by Crippen LogP contribution is -2.14. The summed E-state index contributed by atoms with van der Waals surface area (Å²) in [7, 11) is 0. The number of carbonyl (C=O) groups excluding carboxylic acids is 1. The fourth-order valence-corrected chi connectivity index (χ4v) is 1.87. The molecule has 0 aliphatic rings. The normalized spacial score (nSPS) is 10.3. The van der Waals surface area contributed by atoms with Crippen molar-refractivity contribution in [1.82, 2.24) is 15.0 Å². The molecule has 6 heteroatoms. The molecule has 0 aromatic carbocycles. The number of nitrogens with zero attached hydrogens (tertiary/aromatic N) is 3. The number of ether oxygens (including phenoxy) is 1. The van der Waals surface area contributed by atoms with E-state index in [1.165, 1.54) is 0 Å². The Balaban J connectivity index is 2.28. The van der Waals surface area contributed by atoms with Gasteiger partial charge in [-0.2, -0.15) is 0 Å². The van der Waals surface area contributed by atoms with Crippen LogP contribution in [-0.2, 0) is 11.2 Å². The van der Waals surface area contributed by atoms with Gasteiger partial charge in [-0.05, 0) is 25.5 Å². The van der Waals surface area contributed by atoms with Gasteiger partial charge in [0.25, 0.3) is 0 Å². The molecule has 2 heterocycles. The van der Waals surface area contributed by atoms with Crippen molar-refractivity contribution in [3.05, 3.63) is 47.2 Å². The third-order valence-corrected chi connectivity index (χ3v) is 2.73. The van der Waals surface area contributed by atoms with Gasteiger partial charge in [-0.3, -0.25) is 4.98 Å². The van der Waals surface area contributed by atoms with Crippen molar-refractivity contribution >= 4 is 11.8 Å². The van der Waals surface area contributed by atoms with Gasteiger partial charge in [-0.25, -0.2) is 14.8 Å². The quantitative estimate of drug-likeness (QED) is 0.849. The molecule has 0 unspecified atom stereocenters. The van der Waals surface area contributed by atoms with Crippen LogP contribution in [0.2, 0.25) is 0 Å². The second-order valence-electron chi connectivity index (χ2n) is 4.24. The largest absolute Gasteiger partial charge is 0.462 e. The predicted octanol–water partition coefficient (Wildman–Crippen LogP) is 1.53. The Bertz CT molecular complexity index is 591. The van der Waals surface area contributed by atoms with Gasteiger partial charge in [0.2, 0.25) is 0 Å². The summed E-state index contributed by atoms with van der Waals surface area (Å²) in [5.41, 5.74) is 7.58. The minimum Gasteiger partial charge on any atom is -0.462 e. The molecule has 2 rings (SSSR count). The van der Waals surface area contributed by atoms with Gasteiger partial charge in [-0.1, -0.05) is 6.07 Å². The van der Waals surface area contributed by atoms with E-state index in [0.717, 1.165) is 5.56 Å². The van der Waals surface area contributed by atoms with Gasteiger partial charge < -0.3 is 10.5 Å². The Morgan fingerprint density at radius 3 is 2.80 bits per heavy atom. The zero-order chi connectivity index (χ0) is 14.5. The summed E-state index contributed by atoms with van der Waals surface area (Å²) in [6.45, 7) is 3.74. The second kappa shape index (κ2) is 6.10. The van der Waals surface area contributed by atoms with Crippen LogP contribution in [0.3, 0.4) is 0 Å². The minimum absolute atomic E-state index is 0.148. The molecule has 2 aromatic heterocycles. The number of nitrogens with two attached hydrogens (primary N) is 1.